The average molecular weight is 253 g/mol. The minimum atomic E-state index is 0.662. The van der Waals surface area contributed by atoms with Gasteiger partial charge in [0.05, 0.1) is 10.7 Å². The maximum Gasteiger partial charge on any atom is 0.0638 e. The third-order valence-corrected chi connectivity index (χ3v) is 4.05. The molecule has 2 unspecified atom stereocenters. The molecule has 1 heterocycles. The van der Waals surface area contributed by atoms with Gasteiger partial charge in [0.2, 0.25) is 0 Å². The summed E-state index contributed by atoms with van der Waals surface area (Å²) in [6, 6.07) is 6.62. The van der Waals surface area contributed by atoms with Gasteiger partial charge in [-0.05, 0) is 49.9 Å². The van der Waals surface area contributed by atoms with Crippen LogP contribution < -0.4 is 5.73 Å². The van der Waals surface area contributed by atoms with Crippen molar-refractivity contribution in [3.63, 3.8) is 0 Å². The number of benzene rings is 1. The summed E-state index contributed by atoms with van der Waals surface area (Å²) in [6.45, 7) is 6.82. The van der Waals surface area contributed by atoms with E-state index in [2.05, 4.69) is 24.8 Å². The van der Waals surface area contributed by atoms with Gasteiger partial charge in [0, 0.05) is 12.6 Å². The molecule has 1 aromatic rings. The molecule has 2 nitrogen and oxygen atoms in total. The van der Waals surface area contributed by atoms with Crippen LogP contribution in [0.2, 0.25) is 5.02 Å². The van der Waals surface area contributed by atoms with Crippen LogP contribution in [0.1, 0.15) is 32.3 Å². The molecule has 0 saturated carbocycles. The van der Waals surface area contributed by atoms with Gasteiger partial charge in [-0.15, -0.1) is 0 Å². The van der Waals surface area contributed by atoms with Crippen molar-refractivity contribution in [1.82, 2.24) is 4.90 Å². The molecule has 0 aromatic heterocycles. The van der Waals surface area contributed by atoms with Crippen molar-refractivity contribution in [3.8, 4) is 0 Å². The van der Waals surface area contributed by atoms with E-state index in [4.69, 9.17) is 17.3 Å². The fourth-order valence-corrected chi connectivity index (χ4v) is 2.80. The number of piperidine rings is 1. The molecule has 2 atom stereocenters. The molecule has 1 saturated heterocycles. The van der Waals surface area contributed by atoms with Crippen molar-refractivity contribution in [2.24, 2.45) is 5.92 Å². The molecule has 94 valence electrons. The molecule has 0 radical (unpaired) electrons. The van der Waals surface area contributed by atoms with Crippen LogP contribution in [0.15, 0.2) is 18.2 Å². The lowest BCUT2D eigenvalue weighted by molar-refractivity contribution is 0.122. The minimum Gasteiger partial charge on any atom is -0.398 e. The topological polar surface area (TPSA) is 29.3 Å². The Balaban J connectivity index is 2.02. The zero-order valence-corrected chi connectivity index (χ0v) is 11.4. The zero-order valence-electron chi connectivity index (χ0n) is 10.6. The van der Waals surface area contributed by atoms with E-state index >= 15 is 0 Å². The number of hydrogen-bond acceptors (Lipinski definition) is 2. The van der Waals surface area contributed by atoms with Gasteiger partial charge in [-0.3, -0.25) is 4.90 Å². The van der Waals surface area contributed by atoms with Crippen LogP contribution in [-0.2, 0) is 6.54 Å². The van der Waals surface area contributed by atoms with E-state index in [9.17, 15) is 0 Å². The van der Waals surface area contributed by atoms with Crippen LogP contribution in [0.3, 0.4) is 0 Å². The highest BCUT2D eigenvalue weighted by atomic mass is 35.5. The SMILES string of the molecule is CC1CCN(Cc2ccc(N)c(Cl)c2)C(C)C1. The number of likely N-dealkylation sites (tertiary alicyclic amines) is 1. The average Bonchev–Trinajstić information content (AvgIpc) is 2.27. The van der Waals surface area contributed by atoms with E-state index in [1.807, 2.05) is 12.1 Å². The Labute approximate surface area is 109 Å². The van der Waals surface area contributed by atoms with Gasteiger partial charge in [-0.2, -0.15) is 0 Å². The van der Waals surface area contributed by atoms with Gasteiger partial charge < -0.3 is 5.73 Å². The molecule has 0 amide bonds. The van der Waals surface area contributed by atoms with E-state index in [-0.39, 0.29) is 0 Å². The molecule has 1 aromatic carbocycles. The molecule has 0 bridgehead atoms. The maximum atomic E-state index is 6.05. The summed E-state index contributed by atoms with van der Waals surface area (Å²) in [5.74, 6) is 0.858. The Morgan fingerprint density at radius 1 is 1.41 bits per heavy atom. The molecule has 0 spiro atoms. The third-order valence-electron chi connectivity index (χ3n) is 3.73. The van der Waals surface area contributed by atoms with Gasteiger partial charge in [-0.1, -0.05) is 24.6 Å². The van der Waals surface area contributed by atoms with Gasteiger partial charge >= 0.3 is 0 Å². The second-order valence-electron chi connectivity index (χ2n) is 5.30. The lowest BCUT2D eigenvalue weighted by atomic mass is 9.93. The standard InChI is InChI=1S/C14H21ClN2/c1-10-5-6-17(11(2)7-10)9-12-3-4-14(16)13(15)8-12/h3-4,8,10-11H,5-7,9,16H2,1-2H3. The van der Waals surface area contributed by atoms with Crippen LogP contribution in [0.4, 0.5) is 5.69 Å². The third kappa shape index (κ3) is 3.14. The fourth-order valence-electron chi connectivity index (χ4n) is 2.59. The van der Waals surface area contributed by atoms with E-state index < -0.39 is 0 Å². The number of hydrogen-bond donors (Lipinski definition) is 1. The Hall–Kier alpha value is -0.730. The first kappa shape index (κ1) is 12.7. The first-order valence-electron chi connectivity index (χ1n) is 6.34. The normalized spacial score (nSPS) is 26.1. The van der Waals surface area contributed by atoms with Crippen molar-refractivity contribution in [1.29, 1.82) is 0 Å². The van der Waals surface area contributed by atoms with Crippen LogP contribution >= 0.6 is 11.6 Å². The maximum absolute atomic E-state index is 6.05. The molecular weight excluding hydrogens is 232 g/mol. The molecule has 1 aliphatic rings. The Kier molecular flexibility index (Phi) is 3.95. The highest BCUT2D eigenvalue weighted by Crippen LogP contribution is 2.25. The number of halogens is 1. The number of rotatable bonds is 2. The lowest BCUT2D eigenvalue weighted by Gasteiger charge is -2.36. The molecule has 3 heteroatoms. The first-order valence-corrected chi connectivity index (χ1v) is 6.72. The smallest absolute Gasteiger partial charge is 0.0638 e. The largest absolute Gasteiger partial charge is 0.398 e. The quantitative estimate of drug-likeness (QED) is 0.816. The van der Waals surface area contributed by atoms with Gasteiger partial charge in [0.25, 0.3) is 0 Å². The van der Waals surface area contributed by atoms with E-state index in [1.54, 1.807) is 0 Å². The molecular formula is C14H21ClN2. The van der Waals surface area contributed by atoms with Crippen LogP contribution in [-0.4, -0.2) is 17.5 Å². The number of anilines is 1. The summed E-state index contributed by atoms with van der Waals surface area (Å²) in [6.07, 6.45) is 2.59. The van der Waals surface area contributed by atoms with Crippen molar-refractivity contribution < 1.29 is 0 Å². The van der Waals surface area contributed by atoms with Crippen molar-refractivity contribution >= 4 is 17.3 Å². The van der Waals surface area contributed by atoms with Gasteiger partial charge in [0.1, 0.15) is 0 Å². The second-order valence-corrected chi connectivity index (χ2v) is 5.71. The van der Waals surface area contributed by atoms with Gasteiger partial charge in [-0.25, -0.2) is 0 Å². The molecule has 2 rings (SSSR count). The highest BCUT2D eigenvalue weighted by molar-refractivity contribution is 6.33. The molecule has 1 aliphatic heterocycles. The van der Waals surface area contributed by atoms with E-state index in [1.165, 1.54) is 24.9 Å². The van der Waals surface area contributed by atoms with E-state index in [0.29, 0.717) is 16.8 Å². The second kappa shape index (κ2) is 5.28. The van der Waals surface area contributed by atoms with Crippen LogP contribution in [0.25, 0.3) is 0 Å². The highest BCUT2D eigenvalue weighted by Gasteiger charge is 2.22. The zero-order chi connectivity index (χ0) is 12.4. The Bertz CT molecular complexity index is 392. The summed E-state index contributed by atoms with van der Waals surface area (Å²) in [7, 11) is 0. The van der Waals surface area contributed by atoms with Crippen molar-refractivity contribution in [3.05, 3.63) is 28.8 Å². The molecule has 1 fully saturated rings. The predicted molar refractivity (Wildman–Crippen MR) is 74.1 cm³/mol. The van der Waals surface area contributed by atoms with Crippen molar-refractivity contribution in [2.45, 2.75) is 39.3 Å². The minimum absolute atomic E-state index is 0.662. The predicted octanol–water partition coefficient (Wildman–Crippen LogP) is 3.54. The fraction of sp³-hybridized carbons (Fsp3) is 0.571. The molecule has 2 N–H and O–H groups in total. The monoisotopic (exact) mass is 252 g/mol. The number of nitrogen functional groups attached to an aromatic ring is 1. The first-order chi connectivity index (χ1) is 8.06. The van der Waals surface area contributed by atoms with E-state index in [0.717, 1.165) is 12.5 Å². The van der Waals surface area contributed by atoms with Crippen LogP contribution in [0.5, 0.6) is 0 Å². The summed E-state index contributed by atoms with van der Waals surface area (Å²) in [5, 5.41) is 0.667. The number of nitrogens with zero attached hydrogens (tertiary/aromatic N) is 1. The Morgan fingerprint density at radius 3 is 2.82 bits per heavy atom. The lowest BCUT2D eigenvalue weighted by Crippen LogP contribution is -2.39. The summed E-state index contributed by atoms with van der Waals surface area (Å²) in [5.41, 5.74) is 7.64. The van der Waals surface area contributed by atoms with Crippen molar-refractivity contribution in [2.75, 3.05) is 12.3 Å². The number of nitrogens with two attached hydrogens (primary N) is 1. The summed E-state index contributed by atoms with van der Waals surface area (Å²) < 4.78 is 0. The molecule has 0 aliphatic carbocycles. The van der Waals surface area contributed by atoms with Gasteiger partial charge in [0.15, 0.2) is 0 Å². The Morgan fingerprint density at radius 2 is 2.18 bits per heavy atom. The molecule has 17 heavy (non-hydrogen) atoms. The van der Waals surface area contributed by atoms with Crippen LogP contribution in [0, 0.1) is 5.92 Å². The summed E-state index contributed by atoms with van der Waals surface area (Å²) in [4.78, 5) is 2.53. The summed E-state index contributed by atoms with van der Waals surface area (Å²) >= 11 is 6.05.